The van der Waals surface area contributed by atoms with Crippen molar-refractivity contribution in [2.24, 2.45) is 0 Å². The van der Waals surface area contributed by atoms with Gasteiger partial charge in [0.15, 0.2) is 0 Å². The third-order valence-corrected chi connectivity index (χ3v) is 4.29. The van der Waals surface area contributed by atoms with Gasteiger partial charge in [0.2, 0.25) is 0 Å². The van der Waals surface area contributed by atoms with E-state index in [0.29, 0.717) is 0 Å². The van der Waals surface area contributed by atoms with Crippen molar-refractivity contribution < 1.29 is 4.79 Å². The monoisotopic (exact) mass is 288 g/mol. The molecule has 1 fully saturated rings. The van der Waals surface area contributed by atoms with Crippen LogP contribution >= 0.6 is 0 Å². The lowest BCUT2D eigenvalue weighted by Gasteiger charge is -2.26. The van der Waals surface area contributed by atoms with Crippen molar-refractivity contribution in [2.45, 2.75) is 46.5 Å². The predicted molar refractivity (Wildman–Crippen MR) is 87.9 cm³/mol. The molecule has 0 aliphatic carbocycles. The minimum atomic E-state index is 0.0728. The summed E-state index contributed by atoms with van der Waals surface area (Å²) in [6.07, 6.45) is 5.07. The Balaban J connectivity index is 1.79. The van der Waals surface area contributed by atoms with Gasteiger partial charge in [-0.05, 0) is 70.8 Å². The summed E-state index contributed by atoms with van der Waals surface area (Å²) < 4.78 is 0. The predicted octanol–water partition coefficient (Wildman–Crippen LogP) is 3.22. The van der Waals surface area contributed by atoms with Crippen molar-refractivity contribution in [1.29, 1.82) is 0 Å². The quantitative estimate of drug-likeness (QED) is 0.844. The number of nitrogens with zero attached hydrogens (tertiary/aromatic N) is 1. The molecule has 3 nitrogen and oxygen atoms in total. The third kappa shape index (κ3) is 4.57. The molecule has 1 aliphatic heterocycles. The number of carbonyl (C=O) groups excluding carboxylic acids is 1. The number of rotatable bonds is 5. The number of hydrogen-bond acceptors (Lipinski definition) is 2. The molecule has 0 saturated carbocycles. The van der Waals surface area contributed by atoms with Crippen LogP contribution in [0, 0.1) is 20.8 Å². The lowest BCUT2D eigenvalue weighted by atomic mass is 9.99. The van der Waals surface area contributed by atoms with Crippen LogP contribution in [0.5, 0.6) is 0 Å². The first-order valence-corrected chi connectivity index (χ1v) is 8.16. The molecule has 0 atom stereocenters. The topological polar surface area (TPSA) is 32.3 Å². The number of aryl methyl sites for hydroxylation is 3. The molecule has 1 saturated heterocycles. The summed E-state index contributed by atoms with van der Waals surface area (Å²) in [5, 5.41) is 3.07. The SMILES string of the molecule is Cc1cc(C)c(C(=O)NCCCN2CCCCC2)c(C)c1. The number of likely N-dealkylation sites (tertiary alicyclic amines) is 1. The van der Waals surface area contributed by atoms with Crippen LogP contribution in [0.2, 0.25) is 0 Å². The average molecular weight is 288 g/mol. The molecule has 1 amide bonds. The van der Waals surface area contributed by atoms with Gasteiger partial charge in [-0.3, -0.25) is 4.79 Å². The van der Waals surface area contributed by atoms with Gasteiger partial charge in [-0.1, -0.05) is 24.1 Å². The van der Waals surface area contributed by atoms with Gasteiger partial charge >= 0.3 is 0 Å². The van der Waals surface area contributed by atoms with Crippen LogP contribution < -0.4 is 5.32 Å². The molecule has 116 valence electrons. The highest BCUT2D eigenvalue weighted by Gasteiger charge is 2.13. The second kappa shape index (κ2) is 7.60. The highest BCUT2D eigenvalue weighted by Crippen LogP contribution is 2.16. The Morgan fingerprint density at radius 3 is 2.33 bits per heavy atom. The average Bonchev–Trinajstić information content (AvgIpc) is 2.43. The highest BCUT2D eigenvalue weighted by molar-refractivity contribution is 5.97. The fraction of sp³-hybridized carbons (Fsp3) is 0.611. The number of nitrogens with one attached hydrogen (secondary N) is 1. The Morgan fingerprint density at radius 2 is 1.71 bits per heavy atom. The van der Waals surface area contributed by atoms with Crippen LogP contribution in [0.25, 0.3) is 0 Å². The van der Waals surface area contributed by atoms with E-state index in [1.54, 1.807) is 0 Å². The zero-order valence-electron chi connectivity index (χ0n) is 13.7. The number of piperidine rings is 1. The zero-order valence-corrected chi connectivity index (χ0v) is 13.7. The van der Waals surface area contributed by atoms with E-state index in [9.17, 15) is 4.79 Å². The normalized spacial score (nSPS) is 16.0. The first kappa shape index (κ1) is 16.0. The molecule has 0 bridgehead atoms. The van der Waals surface area contributed by atoms with E-state index in [1.807, 2.05) is 13.8 Å². The van der Waals surface area contributed by atoms with Gasteiger partial charge in [0, 0.05) is 12.1 Å². The summed E-state index contributed by atoms with van der Waals surface area (Å²) in [7, 11) is 0. The van der Waals surface area contributed by atoms with Gasteiger partial charge in [0.05, 0.1) is 0 Å². The van der Waals surface area contributed by atoms with E-state index in [2.05, 4.69) is 29.3 Å². The van der Waals surface area contributed by atoms with Crippen LogP contribution in [-0.4, -0.2) is 37.0 Å². The lowest BCUT2D eigenvalue weighted by Crippen LogP contribution is -2.33. The fourth-order valence-electron chi connectivity index (χ4n) is 3.31. The molecule has 1 aromatic rings. The second-order valence-electron chi connectivity index (χ2n) is 6.29. The van der Waals surface area contributed by atoms with Crippen molar-refractivity contribution in [2.75, 3.05) is 26.2 Å². The van der Waals surface area contributed by atoms with Crippen molar-refractivity contribution >= 4 is 5.91 Å². The van der Waals surface area contributed by atoms with Crippen LogP contribution in [0.4, 0.5) is 0 Å². The van der Waals surface area contributed by atoms with Gasteiger partial charge in [-0.2, -0.15) is 0 Å². The molecule has 0 spiro atoms. The molecule has 0 aromatic heterocycles. The number of carbonyl (C=O) groups is 1. The first-order valence-electron chi connectivity index (χ1n) is 8.16. The van der Waals surface area contributed by atoms with E-state index in [0.717, 1.165) is 36.2 Å². The maximum Gasteiger partial charge on any atom is 0.251 e. The Hall–Kier alpha value is -1.35. The van der Waals surface area contributed by atoms with E-state index in [-0.39, 0.29) is 5.91 Å². The molecular formula is C18H28N2O. The summed E-state index contributed by atoms with van der Waals surface area (Å²) in [6, 6.07) is 4.16. The van der Waals surface area contributed by atoms with E-state index < -0.39 is 0 Å². The zero-order chi connectivity index (χ0) is 15.2. The molecule has 21 heavy (non-hydrogen) atoms. The summed E-state index contributed by atoms with van der Waals surface area (Å²) in [6.45, 7) is 10.4. The Bertz CT molecular complexity index is 467. The second-order valence-corrected chi connectivity index (χ2v) is 6.29. The van der Waals surface area contributed by atoms with Crippen molar-refractivity contribution in [3.05, 3.63) is 34.4 Å². The van der Waals surface area contributed by atoms with E-state index in [1.165, 1.54) is 37.9 Å². The first-order chi connectivity index (χ1) is 10.1. The molecule has 0 radical (unpaired) electrons. The molecule has 1 N–H and O–H groups in total. The van der Waals surface area contributed by atoms with Crippen LogP contribution in [0.3, 0.4) is 0 Å². The summed E-state index contributed by atoms with van der Waals surface area (Å²) in [4.78, 5) is 14.8. The Labute approximate surface area is 128 Å². The van der Waals surface area contributed by atoms with Gasteiger partial charge < -0.3 is 10.2 Å². The van der Waals surface area contributed by atoms with E-state index in [4.69, 9.17) is 0 Å². The number of hydrogen-bond donors (Lipinski definition) is 1. The van der Waals surface area contributed by atoms with Gasteiger partial charge in [-0.25, -0.2) is 0 Å². The molecule has 3 heteroatoms. The molecule has 0 unspecified atom stereocenters. The fourth-order valence-corrected chi connectivity index (χ4v) is 3.31. The van der Waals surface area contributed by atoms with Crippen molar-refractivity contribution in [3.8, 4) is 0 Å². The summed E-state index contributed by atoms with van der Waals surface area (Å²) >= 11 is 0. The largest absolute Gasteiger partial charge is 0.352 e. The molecule has 1 aromatic carbocycles. The van der Waals surface area contributed by atoms with Gasteiger partial charge in [-0.15, -0.1) is 0 Å². The molecule has 1 heterocycles. The van der Waals surface area contributed by atoms with Gasteiger partial charge in [0.1, 0.15) is 0 Å². The number of benzene rings is 1. The molecule has 2 rings (SSSR count). The minimum Gasteiger partial charge on any atom is -0.352 e. The smallest absolute Gasteiger partial charge is 0.251 e. The summed E-state index contributed by atoms with van der Waals surface area (Å²) in [5.41, 5.74) is 4.20. The third-order valence-electron chi connectivity index (χ3n) is 4.29. The maximum atomic E-state index is 12.3. The minimum absolute atomic E-state index is 0.0728. The maximum absolute atomic E-state index is 12.3. The molecular weight excluding hydrogens is 260 g/mol. The Kier molecular flexibility index (Phi) is 5.80. The van der Waals surface area contributed by atoms with Crippen LogP contribution in [0.1, 0.15) is 52.7 Å². The van der Waals surface area contributed by atoms with Crippen LogP contribution in [-0.2, 0) is 0 Å². The van der Waals surface area contributed by atoms with Crippen molar-refractivity contribution in [3.63, 3.8) is 0 Å². The van der Waals surface area contributed by atoms with E-state index >= 15 is 0 Å². The number of amides is 1. The summed E-state index contributed by atoms with van der Waals surface area (Å²) in [5.74, 6) is 0.0728. The Morgan fingerprint density at radius 1 is 1.10 bits per heavy atom. The van der Waals surface area contributed by atoms with Crippen LogP contribution in [0.15, 0.2) is 12.1 Å². The van der Waals surface area contributed by atoms with Crippen molar-refractivity contribution in [1.82, 2.24) is 10.2 Å². The van der Waals surface area contributed by atoms with Gasteiger partial charge in [0.25, 0.3) is 5.91 Å². The molecule has 1 aliphatic rings. The lowest BCUT2D eigenvalue weighted by molar-refractivity contribution is 0.0950. The highest BCUT2D eigenvalue weighted by atomic mass is 16.1. The standard InChI is InChI=1S/C18H28N2O/c1-14-12-15(2)17(16(3)13-14)18(21)19-8-7-11-20-9-5-4-6-10-20/h12-13H,4-11H2,1-3H3,(H,19,21).